The van der Waals surface area contributed by atoms with Crippen molar-refractivity contribution in [3.63, 3.8) is 0 Å². The van der Waals surface area contributed by atoms with Gasteiger partial charge in [0.2, 0.25) is 5.91 Å². The van der Waals surface area contributed by atoms with Gasteiger partial charge in [0.15, 0.2) is 0 Å². The van der Waals surface area contributed by atoms with Crippen LogP contribution in [0.2, 0.25) is 0 Å². The van der Waals surface area contributed by atoms with Gasteiger partial charge in [0.1, 0.15) is 10.3 Å². The predicted molar refractivity (Wildman–Crippen MR) is 114 cm³/mol. The number of halogens is 1. The van der Waals surface area contributed by atoms with Crippen LogP contribution in [0.15, 0.2) is 74.7 Å². The van der Waals surface area contributed by atoms with Crippen LogP contribution in [-0.4, -0.2) is 24.7 Å². The molecule has 8 heteroatoms. The number of fused-ring (bicyclic) bond motifs is 1. The molecule has 0 saturated carbocycles. The van der Waals surface area contributed by atoms with Crippen LogP contribution in [0.25, 0.3) is 0 Å². The number of nitrogens with one attached hydrogen (secondary N) is 1. The van der Waals surface area contributed by atoms with Crippen LogP contribution in [0.4, 0.5) is 5.69 Å². The number of anilines is 1. The van der Waals surface area contributed by atoms with Gasteiger partial charge in [-0.25, -0.2) is 8.42 Å². The van der Waals surface area contributed by atoms with E-state index in [0.717, 1.165) is 26.9 Å². The third kappa shape index (κ3) is 3.77. The van der Waals surface area contributed by atoms with Crippen LogP contribution in [0.3, 0.4) is 0 Å². The van der Waals surface area contributed by atoms with Crippen molar-refractivity contribution in [2.24, 2.45) is 0 Å². The molecule has 1 aromatic heterocycles. The molecule has 0 bridgehead atoms. The molecule has 28 heavy (non-hydrogen) atoms. The lowest BCUT2D eigenvalue weighted by Gasteiger charge is -2.34. The van der Waals surface area contributed by atoms with Crippen molar-refractivity contribution in [1.29, 1.82) is 0 Å². The van der Waals surface area contributed by atoms with E-state index in [-0.39, 0.29) is 16.7 Å². The predicted octanol–water partition coefficient (Wildman–Crippen LogP) is 4.26. The number of hydrogen-bond donors (Lipinski definition) is 1. The van der Waals surface area contributed by atoms with Gasteiger partial charge >= 0.3 is 0 Å². The number of rotatable bonds is 4. The van der Waals surface area contributed by atoms with Crippen LogP contribution in [0, 0.1) is 0 Å². The monoisotopic (exact) mass is 476 g/mol. The highest BCUT2D eigenvalue weighted by atomic mass is 79.9. The molecule has 3 aromatic rings. The van der Waals surface area contributed by atoms with Gasteiger partial charge in [-0.2, -0.15) is 4.31 Å². The molecule has 1 amide bonds. The van der Waals surface area contributed by atoms with Gasteiger partial charge in [-0.1, -0.05) is 46.3 Å². The van der Waals surface area contributed by atoms with Gasteiger partial charge in [-0.05, 0) is 53.3 Å². The third-order valence-electron chi connectivity index (χ3n) is 4.68. The van der Waals surface area contributed by atoms with Crippen molar-refractivity contribution in [1.82, 2.24) is 4.31 Å². The first-order chi connectivity index (χ1) is 13.4. The Hall–Kier alpha value is -2.00. The van der Waals surface area contributed by atoms with E-state index in [1.54, 1.807) is 29.6 Å². The highest BCUT2D eigenvalue weighted by Crippen LogP contribution is 2.31. The lowest BCUT2D eigenvalue weighted by atomic mass is 9.95. The molecule has 0 radical (unpaired) electrons. The average Bonchev–Trinajstić information content (AvgIpc) is 3.24. The molecule has 2 heterocycles. The van der Waals surface area contributed by atoms with E-state index in [1.165, 1.54) is 4.31 Å². The summed E-state index contributed by atoms with van der Waals surface area (Å²) in [4.78, 5) is 13.1. The Morgan fingerprint density at radius 2 is 1.75 bits per heavy atom. The maximum atomic E-state index is 13.2. The summed E-state index contributed by atoms with van der Waals surface area (Å²) in [6.07, 6.45) is 0.336. The number of thiophene rings is 1. The van der Waals surface area contributed by atoms with E-state index in [0.29, 0.717) is 12.1 Å². The van der Waals surface area contributed by atoms with Gasteiger partial charge in [0.25, 0.3) is 10.0 Å². The highest BCUT2D eigenvalue weighted by Gasteiger charge is 2.40. The zero-order chi connectivity index (χ0) is 19.7. The molecule has 1 unspecified atom stereocenters. The second-order valence-electron chi connectivity index (χ2n) is 6.47. The molecule has 1 aliphatic rings. The molecule has 2 aromatic carbocycles. The molecule has 0 saturated heterocycles. The maximum Gasteiger partial charge on any atom is 0.253 e. The zero-order valence-corrected chi connectivity index (χ0v) is 17.9. The molecule has 0 aliphatic carbocycles. The third-order valence-corrected chi connectivity index (χ3v) is 8.43. The molecular weight excluding hydrogens is 460 g/mol. The molecule has 144 valence electrons. The number of hydrogen-bond acceptors (Lipinski definition) is 4. The number of nitrogens with zero attached hydrogens (tertiary/aromatic N) is 1. The topological polar surface area (TPSA) is 66.5 Å². The summed E-state index contributed by atoms with van der Waals surface area (Å²) in [5.74, 6) is -0.336. The number of carbonyl (C=O) groups is 1. The lowest BCUT2D eigenvalue weighted by molar-refractivity contribution is -0.120. The summed E-state index contributed by atoms with van der Waals surface area (Å²) in [6, 6.07) is 17.3. The Kier molecular flexibility index (Phi) is 5.37. The first-order valence-corrected chi connectivity index (χ1v) is 11.7. The standard InChI is InChI=1S/C20H17BrN2O3S2/c21-16-7-9-17(10-8-16)22-20(24)18-12-14-4-1-2-5-15(14)13-23(18)28(25,26)19-6-3-11-27-19/h1-11,18H,12-13H2,(H,22,24). The quantitative estimate of drug-likeness (QED) is 0.611. The maximum absolute atomic E-state index is 13.2. The number of carbonyl (C=O) groups excluding carboxylic acids is 1. The molecular formula is C20H17BrN2O3S2. The summed E-state index contributed by atoms with van der Waals surface area (Å²) in [5.41, 5.74) is 2.55. The normalized spacial score (nSPS) is 17.1. The minimum atomic E-state index is -3.77. The van der Waals surface area contributed by atoms with Crippen molar-refractivity contribution in [3.8, 4) is 0 Å². The Morgan fingerprint density at radius 3 is 2.43 bits per heavy atom. The molecule has 1 atom stereocenters. The molecule has 1 N–H and O–H groups in total. The number of benzene rings is 2. The zero-order valence-electron chi connectivity index (χ0n) is 14.7. The summed E-state index contributed by atoms with van der Waals surface area (Å²) in [7, 11) is -3.77. The van der Waals surface area contributed by atoms with Gasteiger partial charge in [-0.15, -0.1) is 11.3 Å². The first-order valence-electron chi connectivity index (χ1n) is 8.64. The lowest BCUT2D eigenvalue weighted by Crippen LogP contribution is -2.50. The SMILES string of the molecule is O=C(Nc1ccc(Br)cc1)C1Cc2ccccc2CN1S(=O)(=O)c1cccs1. The summed E-state index contributed by atoms with van der Waals surface area (Å²) < 4.78 is 28.9. The second-order valence-corrected chi connectivity index (χ2v) is 10.4. The summed E-state index contributed by atoms with van der Waals surface area (Å²) in [6.45, 7) is 0.175. The minimum Gasteiger partial charge on any atom is -0.325 e. The van der Waals surface area contributed by atoms with E-state index in [1.807, 2.05) is 36.4 Å². The molecule has 0 fully saturated rings. The van der Waals surface area contributed by atoms with E-state index in [4.69, 9.17) is 0 Å². The van der Waals surface area contributed by atoms with Crippen LogP contribution < -0.4 is 5.32 Å². The van der Waals surface area contributed by atoms with Crippen LogP contribution >= 0.6 is 27.3 Å². The second kappa shape index (κ2) is 7.79. The van der Waals surface area contributed by atoms with Crippen molar-refractivity contribution in [3.05, 3.63) is 81.6 Å². The Bertz CT molecular complexity index is 1100. The average molecular weight is 477 g/mol. The van der Waals surface area contributed by atoms with Crippen molar-refractivity contribution >= 4 is 48.9 Å². The van der Waals surface area contributed by atoms with E-state index >= 15 is 0 Å². The minimum absolute atomic E-state index is 0.175. The Morgan fingerprint density at radius 1 is 1.04 bits per heavy atom. The van der Waals surface area contributed by atoms with Crippen molar-refractivity contribution in [2.75, 3.05) is 5.32 Å². The fourth-order valence-electron chi connectivity index (χ4n) is 3.26. The molecule has 1 aliphatic heterocycles. The number of amides is 1. The molecule has 5 nitrogen and oxygen atoms in total. The fraction of sp³-hybridized carbons (Fsp3) is 0.150. The summed E-state index contributed by atoms with van der Waals surface area (Å²) in [5, 5.41) is 4.58. The Balaban J connectivity index is 1.69. The highest BCUT2D eigenvalue weighted by molar-refractivity contribution is 9.10. The van der Waals surface area contributed by atoms with Crippen molar-refractivity contribution in [2.45, 2.75) is 23.2 Å². The van der Waals surface area contributed by atoms with E-state index in [9.17, 15) is 13.2 Å². The fourth-order valence-corrected chi connectivity index (χ4v) is 6.21. The van der Waals surface area contributed by atoms with Gasteiger partial charge in [0.05, 0.1) is 0 Å². The van der Waals surface area contributed by atoms with Gasteiger partial charge in [0, 0.05) is 16.7 Å². The van der Waals surface area contributed by atoms with E-state index < -0.39 is 16.1 Å². The van der Waals surface area contributed by atoms with Crippen LogP contribution in [-0.2, 0) is 27.8 Å². The van der Waals surface area contributed by atoms with Gasteiger partial charge < -0.3 is 5.32 Å². The largest absolute Gasteiger partial charge is 0.325 e. The number of sulfonamides is 1. The first kappa shape index (κ1) is 19.3. The Labute approximate surface area is 176 Å². The van der Waals surface area contributed by atoms with Crippen LogP contribution in [0.5, 0.6) is 0 Å². The molecule has 0 spiro atoms. The smallest absolute Gasteiger partial charge is 0.253 e. The van der Waals surface area contributed by atoms with E-state index in [2.05, 4.69) is 21.2 Å². The van der Waals surface area contributed by atoms with Crippen molar-refractivity contribution < 1.29 is 13.2 Å². The van der Waals surface area contributed by atoms with Crippen LogP contribution in [0.1, 0.15) is 11.1 Å². The summed E-state index contributed by atoms with van der Waals surface area (Å²) >= 11 is 4.52. The van der Waals surface area contributed by atoms with Gasteiger partial charge in [-0.3, -0.25) is 4.79 Å². The molecule has 4 rings (SSSR count).